The van der Waals surface area contributed by atoms with Crippen molar-refractivity contribution in [2.75, 3.05) is 5.32 Å². The van der Waals surface area contributed by atoms with Gasteiger partial charge in [0.25, 0.3) is 0 Å². The number of benzene rings is 3. The second-order valence-electron chi connectivity index (χ2n) is 7.62. The Hall–Kier alpha value is -3.37. The monoisotopic (exact) mass is 431 g/mol. The highest BCUT2D eigenvalue weighted by Gasteiger charge is 2.46. The fraction of sp³-hybridized carbons (Fsp3) is 0.154. The van der Waals surface area contributed by atoms with E-state index in [1.54, 1.807) is 24.3 Å². The molecule has 0 spiro atoms. The van der Waals surface area contributed by atoms with Gasteiger partial charge in [0, 0.05) is 11.8 Å². The molecule has 0 bridgehead atoms. The van der Waals surface area contributed by atoms with Crippen molar-refractivity contribution in [3.63, 3.8) is 0 Å². The maximum absolute atomic E-state index is 13.5. The smallest absolute Gasteiger partial charge is 0.308 e. The van der Waals surface area contributed by atoms with E-state index >= 15 is 0 Å². The molecule has 1 aliphatic carbocycles. The number of anilines is 1. The highest BCUT2D eigenvalue weighted by atomic mass is 35.5. The minimum Gasteiger partial charge on any atom is -0.481 e. The molecule has 2 N–H and O–H groups in total. The third-order valence-electron chi connectivity index (χ3n) is 5.78. The van der Waals surface area contributed by atoms with Crippen molar-refractivity contribution >= 4 is 29.2 Å². The Bertz CT molecular complexity index is 1100. The highest BCUT2D eigenvalue weighted by molar-refractivity contribution is 6.33. The van der Waals surface area contributed by atoms with Crippen LogP contribution in [-0.2, 0) is 9.59 Å². The molecule has 3 aromatic carbocycles. The zero-order chi connectivity index (χ0) is 21.8. The van der Waals surface area contributed by atoms with Crippen molar-refractivity contribution in [1.29, 1.82) is 0 Å². The van der Waals surface area contributed by atoms with Crippen LogP contribution in [-0.4, -0.2) is 17.0 Å². The second-order valence-corrected chi connectivity index (χ2v) is 8.02. The van der Waals surface area contributed by atoms with E-state index in [0.717, 1.165) is 11.1 Å². The number of allylic oxidation sites excluding steroid dienone is 2. The fourth-order valence-electron chi connectivity index (χ4n) is 4.33. The number of carbonyl (C=O) groups is 2. The van der Waals surface area contributed by atoms with Crippen LogP contribution in [0.2, 0.25) is 5.02 Å². The molecule has 156 valence electrons. The molecule has 3 aromatic rings. The van der Waals surface area contributed by atoms with Crippen LogP contribution in [0.25, 0.3) is 0 Å². The van der Waals surface area contributed by atoms with E-state index in [-0.39, 0.29) is 11.8 Å². The summed E-state index contributed by atoms with van der Waals surface area (Å²) in [4.78, 5) is 26.0. The fourth-order valence-corrected chi connectivity index (χ4v) is 4.51. The average molecular weight is 432 g/mol. The lowest BCUT2D eigenvalue weighted by atomic mass is 9.66. The first-order valence-electron chi connectivity index (χ1n) is 10.1. The van der Waals surface area contributed by atoms with Crippen LogP contribution >= 0.6 is 11.6 Å². The molecular weight excluding hydrogens is 410 g/mol. The van der Waals surface area contributed by atoms with E-state index in [9.17, 15) is 14.7 Å². The lowest BCUT2D eigenvalue weighted by Crippen LogP contribution is -2.42. The van der Waals surface area contributed by atoms with Crippen LogP contribution in [0.4, 0.5) is 5.69 Å². The van der Waals surface area contributed by atoms with Crippen LogP contribution in [0, 0.1) is 11.8 Å². The SMILES string of the molecule is O=C(Nc1ccccc1Cl)[C@H]1[C@H](C(=O)O)[C@H](c2ccccc2)C=C[C@@H]1c1ccccc1. The zero-order valence-corrected chi connectivity index (χ0v) is 17.4. The topological polar surface area (TPSA) is 66.4 Å². The van der Waals surface area contributed by atoms with Gasteiger partial charge in [0.15, 0.2) is 0 Å². The van der Waals surface area contributed by atoms with Crippen LogP contribution < -0.4 is 5.32 Å². The van der Waals surface area contributed by atoms with Crippen molar-refractivity contribution in [2.24, 2.45) is 11.8 Å². The van der Waals surface area contributed by atoms with Crippen molar-refractivity contribution in [3.05, 3.63) is 113 Å². The Morgan fingerprint density at radius 3 is 1.71 bits per heavy atom. The number of carbonyl (C=O) groups excluding carboxylic acids is 1. The Morgan fingerprint density at radius 2 is 1.19 bits per heavy atom. The molecule has 0 radical (unpaired) electrons. The lowest BCUT2D eigenvalue weighted by Gasteiger charge is -2.37. The van der Waals surface area contributed by atoms with E-state index in [2.05, 4.69) is 5.32 Å². The third kappa shape index (κ3) is 4.39. The lowest BCUT2D eigenvalue weighted by molar-refractivity contribution is -0.147. The number of nitrogens with one attached hydrogen (secondary N) is 1. The maximum Gasteiger partial charge on any atom is 0.308 e. The molecule has 0 saturated heterocycles. The van der Waals surface area contributed by atoms with Crippen molar-refractivity contribution in [2.45, 2.75) is 11.8 Å². The standard InChI is InChI=1S/C26H22ClNO3/c27-21-13-7-8-14-22(21)28-25(29)23-19(17-9-3-1-4-10-17)15-16-20(24(23)26(30)31)18-11-5-2-6-12-18/h1-16,19-20,23-24H,(H,28,29)(H,30,31)/t19-,20+,23-,24-/m1/s1. The summed E-state index contributed by atoms with van der Waals surface area (Å²) in [5.74, 6) is -3.89. The van der Waals surface area contributed by atoms with Crippen molar-refractivity contribution in [3.8, 4) is 0 Å². The molecule has 4 atom stereocenters. The molecule has 1 amide bonds. The highest BCUT2D eigenvalue weighted by Crippen LogP contribution is 2.45. The molecule has 31 heavy (non-hydrogen) atoms. The molecule has 0 fully saturated rings. The zero-order valence-electron chi connectivity index (χ0n) is 16.7. The predicted octanol–water partition coefficient (Wildman–Crippen LogP) is 5.73. The first-order chi connectivity index (χ1) is 15.1. The first-order valence-corrected chi connectivity index (χ1v) is 10.5. The van der Waals surface area contributed by atoms with Gasteiger partial charge in [-0.15, -0.1) is 0 Å². The quantitative estimate of drug-likeness (QED) is 0.507. The summed E-state index contributed by atoms with van der Waals surface area (Å²) in [6.45, 7) is 0. The van der Waals surface area contributed by atoms with Gasteiger partial charge in [-0.2, -0.15) is 0 Å². The molecule has 1 aliphatic rings. The number of carboxylic acids is 1. The summed E-state index contributed by atoms with van der Waals surface area (Å²) in [7, 11) is 0. The normalized spacial score (nSPS) is 22.6. The first kappa shape index (κ1) is 20.9. The number of halogens is 1. The van der Waals surface area contributed by atoms with E-state index in [1.165, 1.54) is 0 Å². The summed E-state index contributed by atoms with van der Waals surface area (Å²) >= 11 is 6.24. The summed E-state index contributed by atoms with van der Waals surface area (Å²) < 4.78 is 0. The van der Waals surface area contributed by atoms with Gasteiger partial charge in [0.1, 0.15) is 0 Å². The number of amides is 1. The van der Waals surface area contributed by atoms with Crippen LogP contribution in [0.1, 0.15) is 23.0 Å². The van der Waals surface area contributed by atoms with Crippen LogP contribution in [0.15, 0.2) is 97.1 Å². The number of hydrogen-bond donors (Lipinski definition) is 2. The number of rotatable bonds is 5. The molecule has 0 aromatic heterocycles. The minimum absolute atomic E-state index is 0.361. The Balaban J connectivity index is 1.79. The van der Waals surface area contributed by atoms with E-state index in [4.69, 9.17) is 11.6 Å². The number of hydrogen-bond acceptors (Lipinski definition) is 2. The van der Waals surface area contributed by atoms with Gasteiger partial charge in [0.05, 0.1) is 22.5 Å². The number of para-hydroxylation sites is 1. The summed E-state index contributed by atoms with van der Waals surface area (Å²) in [5.41, 5.74) is 2.24. The molecule has 0 heterocycles. The average Bonchev–Trinajstić information content (AvgIpc) is 2.80. The van der Waals surface area contributed by atoms with Crippen molar-refractivity contribution < 1.29 is 14.7 Å². The minimum atomic E-state index is -1.00. The van der Waals surface area contributed by atoms with Crippen molar-refractivity contribution in [1.82, 2.24) is 0 Å². The molecule has 0 saturated carbocycles. The summed E-state index contributed by atoms with van der Waals surface area (Å²) in [6, 6.07) is 25.9. The second kappa shape index (κ2) is 9.19. The molecule has 5 heteroatoms. The van der Waals surface area contributed by atoms with Gasteiger partial charge < -0.3 is 10.4 Å². The van der Waals surface area contributed by atoms with Gasteiger partial charge in [-0.1, -0.05) is 96.5 Å². The molecule has 4 rings (SSSR count). The van der Waals surface area contributed by atoms with Gasteiger partial charge >= 0.3 is 5.97 Å². The maximum atomic E-state index is 13.5. The Morgan fingerprint density at radius 1 is 0.710 bits per heavy atom. The van der Waals surface area contributed by atoms with Gasteiger partial charge in [-0.05, 0) is 23.3 Å². The molecule has 4 nitrogen and oxygen atoms in total. The number of carboxylic acid groups (broad SMARTS) is 1. The van der Waals surface area contributed by atoms with Crippen LogP contribution in [0.5, 0.6) is 0 Å². The van der Waals surface area contributed by atoms with Gasteiger partial charge in [-0.3, -0.25) is 9.59 Å². The molecule has 0 aliphatic heterocycles. The van der Waals surface area contributed by atoms with E-state index in [1.807, 2.05) is 72.8 Å². The Labute approximate surface area is 186 Å². The van der Waals surface area contributed by atoms with E-state index < -0.39 is 23.7 Å². The van der Waals surface area contributed by atoms with Gasteiger partial charge in [-0.25, -0.2) is 0 Å². The third-order valence-corrected chi connectivity index (χ3v) is 6.10. The van der Waals surface area contributed by atoms with Gasteiger partial charge in [0.2, 0.25) is 5.91 Å². The summed E-state index contributed by atoms with van der Waals surface area (Å²) in [5, 5.41) is 13.5. The van der Waals surface area contributed by atoms with E-state index in [0.29, 0.717) is 10.7 Å². The number of aliphatic carboxylic acids is 1. The predicted molar refractivity (Wildman–Crippen MR) is 122 cm³/mol. The largest absolute Gasteiger partial charge is 0.481 e. The molecular formula is C26H22ClNO3. The Kier molecular flexibility index (Phi) is 6.19. The molecule has 0 unspecified atom stereocenters. The van der Waals surface area contributed by atoms with Crippen LogP contribution in [0.3, 0.4) is 0 Å². The summed E-state index contributed by atoms with van der Waals surface area (Å²) in [6.07, 6.45) is 3.88.